The third kappa shape index (κ3) is 1.82. The molecule has 0 aromatic heterocycles. The zero-order valence-electron chi connectivity index (χ0n) is 6.06. The van der Waals surface area contributed by atoms with Gasteiger partial charge in [0.05, 0.1) is 6.10 Å². The van der Waals surface area contributed by atoms with E-state index >= 15 is 0 Å². The van der Waals surface area contributed by atoms with Crippen LogP contribution in [-0.2, 0) is 0 Å². The van der Waals surface area contributed by atoms with E-state index in [9.17, 15) is 0 Å². The number of hydrogen-bond acceptors (Lipinski definition) is 3. The summed E-state index contributed by atoms with van der Waals surface area (Å²) in [5.41, 5.74) is 5.39. The largest absolute Gasteiger partial charge is 0.391 e. The molecule has 5 heteroatoms. The molecule has 1 heterocycles. The van der Waals surface area contributed by atoms with Gasteiger partial charge in [-0.15, -0.1) is 4.99 Å². The van der Waals surface area contributed by atoms with Crippen molar-refractivity contribution in [3.63, 3.8) is 0 Å². The standard InChI is InChI=1S/C6H10N4O/c7-4-9-6(8)10-2-1-5(11)3-10/h5,11H,1-3H2,(H2,8,9)/t5-/m0/s1. The fourth-order valence-corrected chi connectivity index (χ4v) is 1.07. The van der Waals surface area contributed by atoms with E-state index in [2.05, 4.69) is 4.99 Å². The molecule has 0 aliphatic carbocycles. The highest BCUT2D eigenvalue weighted by molar-refractivity contribution is 5.79. The molecule has 0 radical (unpaired) electrons. The van der Waals surface area contributed by atoms with Crippen LogP contribution < -0.4 is 5.73 Å². The molecule has 1 atom stereocenters. The van der Waals surface area contributed by atoms with Crippen LogP contribution in [0.2, 0.25) is 0 Å². The molecule has 0 bridgehead atoms. The van der Waals surface area contributed by atoms with Crippen molar-refractivity contribution in [2.75, 3.05) is 13.1 Å². The SMILES string of the molecule is N#C/N=C(\N)N1CC[C@H](O)C1. The molecule has 3 N–H and O–H groups in total. The third-order valence-corrected chi connectivity index (χ3v) is 1.65. The molecule has 11 heavy (non-hydrogen) atoms. The van der Waals surface area contributed by atoms with Crippen LogP contribution in [0.3, 0.4) is 0 Å². The Hall–Kier alpha value is -1.28. The lowest BCUT2D eigenvalue weighted by Gasteiger charge is -2.13. The van der Waals surface area contributed by atoms with Gasteiger partial charge >= 0.3 is 0 Å². The minimum atomic E-state index is -0.331. The van der Waals surface area contributed by atoms with Crippen molar-refractivity contribution in [1.82, 2.24) is 4.90 Å². The van der Waals surface area contributed by atoms with Crippen molar-refractivity contribution in [2.45, 2.75) is 12.5 Å². The van der Waals surface area contributed by atoms with Crippen LogP contribution in [0.1, 0.15) is 6.42 Å². The number of aliphatic hydroxyl groups excluding tert-OH is 1. The minimum Gasteiger partial charge on any atom is -0.391 e. The highest BCUT2D eigenvalue weighted by Gasteiger charge is 2.21. The van der Waals surface area contributed by atoms with Gasteiger partial charge in [-0.2, -0.15) is 5.26 Å². The Bertz CT molecular complexity index is 207. The van der Waals surface area contributed by atoms with E-state index in [1.165, 1.54) is 0 Å². The quantitative estimate of drug-likeness (QED) is 0.262. The van der Waals surface area contributed by atoms with Gasteiger partial charge in [0.15, 0.2) is 0 Å². The van der Waals surface area contributed by atoms with E-state index in [1.807, 2.05) is 0 Å². The highest BCUT2D eigenvalue weighted by Crippen LogP contribution is 2.07. The van der Waals surface area contributed by atoms with Crippen molar-refractivity contribution < 1.29 is 5.11 Å². The second-order valence-corrected chi connectivity index (χ2v) is 2.46. The van der Waals surface area contributed by atoms with Crippen molar-refractivity contribution in [2.24, 2.45) is 10.7 Å². The Morgan fingerprint density at radius 1 is 1.82 bits per heavy atom. The molecule has 0 unspecified atom stereocenters. The average molecular weight is 154 g/mol. The van der Waals surface area contributed by atoms with E-state index < -0.39 is 0 Å². The molecule has 0 amide bonds. The molecular formula is C6H10N4O. The zero-order valence-corrected chi connectivity index (χ0v) is 6.06. The molecule has 60 valence electrons. The van der Waals surface area contributed by atoms with Crippen LogP contribution in [0.15, 0.2) is 4.99 Å². The summed E-state index contributed by atoms with van der Waals surface area (Å²) in [5.74, 6) is 0.198. The Labute approximate surface area is 64.7 Å². The van der Waals surface area contributed by atoms with Crippen LogP contribution >= 0.6 is 0 Å². The minimum absolute atomic E-state index is 0.198. The molecule has 0 aromatic rings. The molecule has 1 rings (SSSR count). The second kappa shape index (κ2) is 3.21. The zero-order chi connectivity index (χ0) is 8.27. The fraction of sp³-hybridized carbons (Fsp3) is 0.667. The van der Waals surface area contributed by atoms with Gasteiger partial charge in [0, 0.05) is 13.1 Å². The number of guanidine groups is 1. The first kappa shape index (κ1) is 7.82. The van der Waals surface area contributed by atoms with Gasteiger partial charge in [-0.1, -0.05) is 0 Å². The van der Waals surface area contributed by atoms with Crippen molar-refractivity contribution in [1.29, 1.82) is 5.26 Å². The highest BCUT2D eigenvalue weighted by atomic mass is 16.3. The van der Waals surface area contributed by atoms with Crippen LogP contribution in [0.5, 0.6) is 0 Å². The first-order valence-corrected chi connectivity index (χ1v) is 3.39. The Balaban J connectivity index is 2.51. The summed E-state index contributed by atoms with van der Waals surface area (Å²) >= 11 is 0. The lowest BCUT2D eigenvalue weighted by Crippen LogP contribution is -2.35. The molecule has 1 saturated heterocycles. The molecular weight excluding hydrogens is 144 g/mol. The number of likely N-dealkylation sites (tertiary alicyclic amines) is 1. The monoisotopic (exact) mass is 154 g/mol. The van der Waals surface area contributed by atoms with Gasteiger partial charge in [0.1, 0.15) is 0 Å². The number of β-amino-alcohol motifs (C(OH)–C–C–N with tert-alkyl or cyclic N) is 1. The van der Waals surface area contributed by atoms with Crippen LogP contribution in [0.25, 0.3) is 0 Å². The summed E-state index contributed by atoms with van der Waals surface area (Å²) in [5, 5.41) is 17.2. The first-order chi connectivity index (χ1) is 5.24. The predicted molar refractivity (Wildman–Crippen MR) is 39.4 cm³/mol. The smallest absolute Gasteiger partial charge is 0.209 e. The van der Waals surface area contributed by atoms with Crippen molar-refractivity contribution in [3.8, 4) is 6.19 Å². The van der Waals surface area contributed by atoms with Crippen molar-refractivity contribution >= 4 is 5.96 Å². The summed E-state index contributed by atoms with van der Waals surface area (Å²) in [7, 11) is 0. The summed E-state index contributed by atoms with van der Waals surface area (Å²) < 4.78 is 0. The molecule has 5 nitrogen and oxygen atoms in total. The maximum absolute atomic E-state index is 9.08. The van der Waals surface area contributed by atoms with Gasteiger partial charge in [0.2, 0.25) is 12.2 Å². The molecule has 0 aromatic carbocycles. The average Bonchev–Trinajstić information content (AvgIpc) is 2.36. The van der Waals surface area contributed by atoms with E-state index in [1.54, 1.807) is 11.1 Å². The molecule has 0 spiro atoms. The van der Waals surface area contributed by atoms with Gasteiger partial charge in [-0.05, 0) is 6.42 Å². The van der Waals surface area contributed by atoms with Crippen LogP contribution in [0.4, 0.5) is 0 Å². The lowest BCUT2D eigenvalue weighted by molar-refractivity contribution is 0.188. The summed E-state index contributed by atoms with van der Waals surface area (Å²) in [6.45, 7) is 1.16. The number of nitriles is 1. The van der Waals surface area contributed by atoms with Crippen LogP contribution in [-0.4, -0.2) is 35.2 Å². The second-order valence-electron chi connectivity index (χ2n) is 2.46. The molecule has 1 aliphatic heterocycles. The molecule has 1 fully saturated rings. The van der Waals surface area contributed by atoms with Gasteiger partial charge < -0.3 is 15.7 Å². The predicted octanol–water partition coefficient (Wildman–Crippen LogP) is -1.15. The van der Waals surface area contributed by atoms with E-state index in [0.717, 1.165) is 0 Å². The maximum Gasteiger partial charge on any atom is 0.209 e. The van der Waals surface area contributed by atoms with E-state index in [0.29, 0.717) is 19.5 Å². The number of rotatable bonds is 0. The van der Waals surface area contributed by atoms with E-state index in [4.69, 9.17) is 16.1 Å². The Kier molecular flexibility index (Phi) is 2.28. The van der Waals surface area contributed by atoms with Gasteiger partial charge in [-0.25, -0.2) is 0 Å². The summed E-state index contributed by atoms with van der Waals surface area (Å²) in [6.07, 6.45) is 1.96. The number of hydrogen-bond donors (Lipinski definition) is 2. The summed E-state index contributed by atoms with van der Waals surface area (Å²) in [4.78, 5) is 5.04. The Morgan fingerprint density at radius 2 is 2.55 bits per heavy atom. The number of aliphatic imine (C=N–C) groups is 1. The fourth-order valence-electron chi connectivity index (χ4n) is 1.07. The Morgan fingerprint density at radius 3 is 3.00 bits per heavy atom. The normalized spacial score (nSPS) is 25.3. The summed E-state index contributed by atoms with van der Waals surface area (Å²) in [6, 6.07) is 0. The third-order valence-electron chi connectivity index (χ3n) is 1.65. The van der Waals surface area contributed by atoms with E-state index in [-0.39, 0.29) is 12.1 Å². The van der Waals surface area contributed by atoms with Crippen LogP contribution in [0, 0.1) is 11.5 Å². The first-order valence-electron chi connectivity index (χ1n) is 3.39. The van der Waals surface area contributed by atoms with Crippen molar-refractivity contribution in [3.05, 3.63) is 0 Å². The number of nitrogens with two attached hydrogens (primary N) is 1. The van der Waals surface area contributed by atoms with Gasteiger partial charge in [0.25, 0.3) is 0 Å². The molecule has 1 aliphatic rings. The maximum atomic E-state index is 9.08. The topological polar surface area (TPSA) is 85.6 Å². The van der Waals surface area contributed by atoms with Gasteiger partial charge in [-0.3, -0.25) is 0 Å². The number of aliphatic hydroxyl groups is 1. The molecule has 0 saturated carbocycles. The lowest BCUT2D eigenvalue weighted by atomic mass is 10.3. The number of nitrogens with zero attached hydrogens (tertiary/aromatic N) is 3.